The predicted octanol–water partition coefficient (Wildman–Crippen LogP) is 3.46. The van der Waals surface area contributed by atoms with Gasteiger partial charge in [-0.1, -0.05) is 12.1 Å². The summed E-state index contributed by atoms with van der Waals surface area (Å²) < 4.78 is 18.7. The summed E-state index contributed by atoms with van der Waals surface area (Å²) >= 11 is 3.14. The summed E-state index contributed by atoms with van der Waals surface area (Å²) in [6.45, 7) is 2.19. The quantitative estimate of drug-likeness (QED) is 0.935. The third kappa shape index (κ3) is 3.67. The van der Waals surface area contributed by atoms with Crippen molar-refractivity contribution >= 4 is 21.8 Å². The first-order valence-corrected chi connectivity index (χ1v) is 6.64. The Morgan fingerprint density at radius 3 is 2.79 bits per heavy atom. The Hall–Kier alpha value is -1.62. The van der Waals surface area contributed by atoms with Crippen LogP contribution in [0.2, 0.25) is 0 Å². The minimum atomic E-state index is -0.260. The van der Waals surface area contributed by atoms with E-state index in [0.717, 1.165) is 5.56 Å². The largest absolute Gasteiger partial charge is 0.444 e. The molecule has 3 nitrogen and oxygen atoms in total. The molecular formula is C14H13BrFNO2. The highest BCUT2D eigenvalue weighted by Gasteiger charge is 2.09. The van der Waals surface area contributed by atoms with E-state index >= 15 is 0 Å². The Morgan fingerprint density at radius 1 is 1.37 bits per heavy atom. The zero-order chi connectivity index (χ0) is 13.8. The average Bonchev–Trinajstić information content (AvgIpc) is 2.80. The van der Waals surface area contributed by atoms with Gasteiger partial charge in [-0.25, -0.2) is 4.39 Å². The van der Waals surface area contributed by atoms with E-state index in [1.165, 1.54) is 6.07 Å². The lowest BCUT2D eigenvalue weighted by molar-refractivity contribution is 0.0925. The van der Waals surface area contributed by atoms with Crippen LogP contribution in [-0.4, -0.2) is 12.5 Å². The minimum Gasteiger partial charge on any atom is -0.444 e. The standard InChI is InChI=1S/C14H13BrFNO2/c1-9-8-10(2-3-11(9)16)6-7-17-14(18)12-4-5-13(15)19-12/h2-5,8H,6-7H2,1H3,(H,17,18). The summed E-state index contributed by atoms with van der Waals surface area (Å²) in [6, 6.07) is 8.21. The monoisotopic (exact) mass is 325 g/mol. The molecule has 0 fully saturated rings. The Morgan fingerprint density at radius 2 is 2.16 bits per heavy atom. The number of hydrogen-bond donors (Lipinski definition) is 1. The van der Waals surface area contributed by atoms with Gasteiger partial charge in [0.05, 0.1) is 0 Å². The first kappa shape index (κ1) is 13.8. The molecule has 1 N–H and O–H groups in total. The topological polar surface area (TPSA) is 42.2 Å². The lowest BCUT2D eigenvalue weighted by Gasteiger charge is -2.05. The van der Waals surface area contributed by atoms with E-state index in [1.807, 2.05) is 0 Å². The Labute approximate surface area is 118 Å². The SMILES string of the molecule is Cc1cc(CCNC(=O)c2ccc(Br)o2)ccc1F. The van der Waals surface area contributed by atoms with Crippen molar-refractivity contribution in [1.82, 2.24) is 5.32 Å². The van der Waals surface area contributed by atoms with Gasteiger partial charge in [0, 0.05) is 6.54 Å². The number of halogens is 2. The van der Waals surface area contributed by atoms with E-state index in [9.17, 15) is 9.18 Å². The summed E-state index contributed by atoms with van der Waals surface area (Å²) in [5.74, 6) is -0.208. The van der Waals surface area contributed by atoms with E-state index in [0.29, 0.717) is 23.2 Å². The molecule has 0 saturated carbocycles. The third-order valence-corrected chi connectivity index (χ3v) is 3.14. The molecule has 0 radical (unpaired) electrons. The van der Waals surface area contributed by atoms with Crippen LogP contribution in [0.15, 0.2) is 39.4 Å². The fourth-order valence-electron chi connectivity index (χ4n) is 1.71. The Bertz CT molecular complexity index is 595. The van der Waals surface area contributed by atoms with Crippen molar-refractivity contribution in [2.45, 2.75) is 13.3 Å². The van der Waals surface area contributed by atoms with Crippen molar-refractivity contribution < 1.29 is 13.6 Å². The maximum absolute atomic E-state index is 13.1. The summed E-state index contributed by atoms with van der Waals surface area (Å²) in [5, 5.41) is 2.75. The van der Waals surface area contributed by atoms with Gasteiger partial charge in [-0.15, -0.1) is 0 Å². The number of aryl methyl sites for hydroxylation is 1. The molecule has 100 valence electrons. The minimum absolute atomic E-state index is 0.215. The highest BCUT2D eigenvalue weighted by molar-refractivity contribution is 9.10. The lowest BCUT2D eigenvalue weighted by atomic mass is 10.1. The van der Waals surface area contributed by atoms with E-state index in [4.69, 9.17) is 4.42 Å². The average molecular weight is 326 g/mol. The molecule has 0 aliphatic rings. The fourth-order valence-corrected chi connectivity index (χ4v) is 2.01. The maximum Gasteiger partial charge on any atom is 0.287 e. The normalized spacial score (nSPS) is 10.5. The van der Waals surface area contributed by atoms with Crippen LogP contribution in [-0.2, 0) is 6.42 Å². The molecule has 19 heavy (non-hydrogen) atoms. The molecule has 1 amide bonds. The molecular weight excluding hydrogens is 313 g/mol. The highest BCUT2D eigenvalue weighted by Crippen LogP contribution is 2.14. The van der Waals surface area contributed by atoms with Crippen molar-refractivity contribution in [3.05, 3.63) is 57.7 Å². The molecule has 1 aromatic carbocycles. The van der Waals surface area contributed by atoms with Crippen LogP contribution in [0.5, 0.6) is 0 Å². The van der Waals surface area contributed by atoms with Crippen molar-refractivity contribution in [2.75, 3.05) is 6.54 Å². The smallest absolute Gasteiger partial charge is 0.287 e. The van der Waals surface area contributed by atoms with Crippen molar-refractivity contribution in [2.24, 2.45) is 0 Å². The van der Waals surface area contributed by atoms with Gasteiger partial charge in [-0.05, 0) is 58.6 Å². The second-order valence-electron chi connectivity index (χ2n) is 4.19. The van der Waals surface area contributed by atoms with Crippen molar-refractivity contribution in [3.8, 4) is 0 Å². The molecule has 2 rings (SSSR count). The number of furan rings is 1. The third-order valence-electron chi connectivity index (χ3n) is 2.72. The molecule has 1 aromatic heterocycles. The number of rotatable bonds is 4. The Kier molecular flexibility index (Phi) is 4.37. The number of carbonyl (C=O) groups excluding carboxylic acids is 1. The lowest BCUT2D eigenvalue weighted by Crippen LogP contribution is -2.25. The number of hydrogen-bond acceptors (Lipinski definition) is 2. The molecule has 0 saturated heterocycles. The molecule has 5 heteroatoms. The van der Waals surface area contributed by atoms with Gasteiger partial charge < -0.3 is 9.73 Å². The van der Waals surface area contributed by atoms with E-state index < -0.39 is 0 Å². The van der Waals surface area contributed by atoms with Gasteiger partial charge in [0.1, 0.15) is 5.82 Å². The van der Waals surface area contributed by atoms with Crippen LogP contribution >= 0.6 is 15.9 Å². The second kappa shape index (κ2) is 6.02. The number of amides is 1. The van der Waals surface area contributed by atoms with Crippen LogP contribution in [0.3, 0.4) is 0 Å². The van der Waals surface area contributed by atoms with Gasteiger partial charge in [0.25, 0.3) is 5.91 Å². The van der Waals surface area contributed by atoms with Crippen LogP contribution in [0.1, 0.15) is 21.7 Å². The van der Waals surface area contributed by atoms with Gasteiger partial charge >= 0.3 is 0 Å². The van der Waals surface area contributed by atoms with Gasteiger partial charge in [-0.2, -0.15) is 0 Å². The number of carbonyl (C=O) groups is 1. The summed E-state index contributed by atoms with van der Waals surface area (Å²) in [4.78, 5) is 11.7. The van der Waals surface area contributed by atoms with Gasteiger partial charge in [-0.3, -0.25) is 4.79 Å². The molecule has 0 spiro atoms. The number of nitrogens with one attached hydrogen (secondary N) is 1. The molecule has 1 heterocycles. The van der Waals surface area contributed by atoms with E-state index in [-0.39, 0.29) is 17.5 Å². The number of benzene rings is 1. The predicted molar refractivity (Wildman–Crippen MR) is 73.6 cm³/mol. The molecule has 0 unspecified atom stereocenters. The first-order valence-electron chi connectivity index (χ1n) is 5.85. The highest BCUT2D eigenvalue weighted by atomic mass is 79.9. The summed E-state index contributed by atoms with van der Waals surface area (Å²) in [5.41, 5.74) is 1.60. The first-order chi connectivity index (χ1) is 9.06. The van der Waals surface area contributed by atoms with Gasteiger partial charge in [0.15, 0.2) is 10.4 Å². The zero-order valence-corrected chi connectivity index (χ0v) is 12.0. The molecule has 0 bridgehead atoms. The molecule has 0 aliphatic carbocycles. The molecule has 2 aromatic rings. The maximum atomic E-state index is 13.1. The van der Waals surface area contributed by atoms with Crippen LogP contribution in [0.4, 0.5) is 4.39 Å². The van der Waals surface area contributed by atoms with Crippen molar-refractivity contribution in [1.29, 1.82) is 0 Å². The second-order valence-corrected chi connectivity index (χ2v) is 4.97. The van der Waals surface area contributed by atoms with Crippen LogP contribution in [0, 0.1) is 12.7 Å². The zero-order valence-electron chi connectivity index (χ0n) is 10.4. The van der Waals surface area contributed by atoms with Crippen LogP contribution in [0.25, 0.3) is 0 Å². The molecule has 0 aliphatic heterocycles. The fraction of sp³-hybridized carbons (Fsp3) is 0.214. The van der Waals surface area contributed by atoms with E-state index in [1.54, 1.807) is 31.2 Å². The van der Waals surface area contributed by atoms with Crippen molar-refractivity contribution in [3.63, 3.8) is 0 Å². The van der Waals surface area contributed by atoms with Crippen LogP contribution < -0.4 is 5.32 Å². The molecule has 0 atom stereocenters. The summed E-state index contributed by atoms with van der Waals surface area (Å²) in [6.07, 6.45) is 0.648. The van der Waals surface area contributed by atoms with E-state index in [2.05, 4.69) is 21.2 Å². The Balaban J connectivity index is 1.86. The summed E-state index contributed by atoms with van der Waals surface area (Å²) in [7, 11) is 0. The van der Waals surface area contributed by atoms with Gasteiger partial charge in [0.2, 0.25) is 0 Å².